The molecule has 0 atom stereocenters. The topological polar surface area (TPSA) is 52.9 Å². The summed E-state index contributed by atoms with van der Waals surface area (Å²) in [6.45, 7) is 3.60. The molecule has 0 saturated carbocycles. The van der Waals surface area contributed by atoms with Gasteiger partial charge in [-0.3, -0.25) is 4.79 Å². The average molecular weight is 421 g/mol. The van der Waals surface area contributed by atoms with E-state index in [1.807, 2.05) is 36.1 Å². The van der Waals surface area contributed by atoms with Crippen LogP contribution in [0.5, 0.6) is 17.2 Å². The molecule has 0 spiro atoms. The molecule has 1 aromatic heterocycles. The summed E-state index contributed by atoms with van der Waals surface area (Å²) in [5.74, 6) is 2.21. The fraction of sp³-hybridized carbons (Fsp3) is 0.320. The molecule has 0 fully saturated rings. The molecule has 0 N–H and O–H groups in total. The van der Waals surface area contributed by atoms with E-state index in [-0.39, 0.29) is 5.91 Å². The summed E-state index contributed by atoms with van der Waals surface area (Å²) in [7, 11) is 4.90. The number of amides is 1. The van der Waals surface area contributed by atoms with Crippen molar-refractivity contribution in [2.24, 2.45) is 0 Å². The lowest BCUT2D eigenvalue weighted by molar-refractivity contribution is -0.131. The van der Waals surface area contributed by atoms with Crippen LogP contribution in [0.3, 0.4) is 0 Å². The molecule has 0 radical (unpaired) electrons. The van der Waals surface area contributed by atoms with Crippen molar-refractivity contribution >= 4 is 22.4 Å². The van der Waals surface area contributed by atoms with Gasteiger partial charge in [0.2, 0.25) is 5.91 Å². The van der Waals surface area contributed by atoms with Crippen molar-refractivity contribution in [3.05, 3.63) is 59.8 Å². The van der Waals surface area contributed by atoms with Gasteiger partial charge >= 0.3 is 0 Å². The van der Waals surface area contributed by atoms with Crippen molar-refractivity contribution in [3.8, 4) is 17.2 Å². The highest BCUT2D eigenvalue weighted by molar-refractivity contribution is 5.85. The summed E-state index contributed by atoms with van der Waals surface area (Å²) in [5, 5.41) is 1.16. The van der Waals surface area contributed by atoms with Gasteiger partial charge in [-0.25, -0.2) is 0 Å². The summed E-state index contributed by atoms with van der Waals surface area (Å²) in [4.78, 5) is 14.9. The van der Waals surface area contributed by atoms with Crippen LogP contribution in [0.25, 0.3) is 16.5 Å². The van der Waals surface area contributed by atoms with Crippen LogP contribution < -0.4 is 14.2 Å². The van der Waals surface area contributed by atoms with Gasteiger partial charge in [0.1, 0.15) is 23.8 Å². The normalized spacial score (nSPS) is 13.8. The van der Waals surface area contributed by atoms with Gasteiger partial charge in [-0.05, 0) is 36.4 Å². The number of aryl methyl sites for hydroxylation is 1. The Morgan fingerprint density at radius 3 is 2.32 bits per heavy atom. The highest BCUT2D eigenvalue weighted by Crippen LogP contribution is 2.40. The van der Waals surface area contributed by atoms with Crippen LogP contribution in [-0.2, 0) is 11.3 Å². The Labute approximate surface area is 182 Å². The van der Waals surface area contributed by atoms with Crippen LogP contribution in [0, 0.1) is 6.92 Å². The summed E-state index contributed by atoms with van der Waals surface area (Å²) in [6, 6.07) is 14.0. The minimum atomic E-state index is 0.119. The molecule has 0 bridgehead atoms. The molecule has 1 aliphatic rings. The van der Waals surface area contributed by atoms with Crippen molar-refractivity contribution in [3.63, 3.8) is 0 Å². The minimum Gasteiger partial charge on any atom is -0.496 e. The number of ether oxygens (including phenoxy) is 3. The van der Waals surface area contributed by atoms with Gasteiger partial charge in [-0.1, -0.05) is 24.3 Å². The first-order valence-corrected chi connectivity index (χ1v) is 10.4. The third-order valence-corrected chi connectivity index (χ3v) is 5.91. The third-order valence-electron chi connectivity index (χ3n) is 5.91. The van der Waals surface area contributed by atoms with Gasteiger partial charge in [-0.2, -0.15) is 0 Å². The highest BCUT2D eigenvalue weighted by atomic mass is 16.5. The van der Waals surface area contributed by atoms with Crippen molar-refractivity contribution in [2.45, 2.75) is 19.9 Å². The lowest BCUT2D eigenvalue weighted by atomic mass is 9.97. The molecule has 1 aliphatic heterocycles. The zero-order valence-corrected chi connectivity index (χ0v) is 18.5. The quantitative estimate of drug-likeness (QED) is 0.597. The van der Waals surface area contributed by atoms with Crippen LogP contribution in [0.15, 0.2) is 48.5 Å². The fourth-order valence-corrected chi connectivity index (χ4v) is 4.24. The van der Waals surface area contributed by atoms with Crippen molar-refractivity contribution < 1.29 is 19.0 Å². The largest absolute Gasteiger partial charge is 0.496 e. The van der Waals surface area contributed by atoms with E-state index >= 15 is 0 Å². The van der Waals surface area contributed by atoms with E-state index in [0.717, 1.165) is 34.2 Å². The van der Waals surface area contributed by atoms with Gasteiger partial charge in [0.25, 0.3) is 0 Å². The molecule has 0 unspecified atom stereocenters. The maximum atomic E-state index is 13.0. The van der Waals surface area contributed by atoms with Crippen LogP contribution >= 0.6 is 0 Å². The Bertz CT molecular complexity index is 1120. The Hall–Kier alpha value is -3.41. The van der Waals surface area contributed by atoms with E-state index in [0.29, 0.717) is 36.9 Å². The van der Waals surface area contributed by atoms with Gasteiger partial charge < -0.3 is 23.7 Å². The SMILES string of the molecule is COc1cc(OC)c(C2=CCN(C(=O)Cn3c(C)cc4ccccc43)CC2)c(OC)c1. The van der Waals surface area contributed by atoms with Crippen molar-refractivity contribution in [1.29, 1.82) is 0 Å². The summed E-state index contributed by atoms with van der Waals surface area (Å²) in [6.07, 6.45) is 2.82. The number of para-hydroxylation sites is 1. The predicted molar refractivity (Wildman–Crippen MR) is 122 cm³/mol. The molecule has 0 aliphatic carbocycles. The number of nitrogens with zero attached hydrogens (tertiary/aromatic N) is 2. The number of methoxy groups -OCH3 is 3. The first kappa shape index (κ1) is 20.8. The number of benzene rings is 2. The summed E-state index contributed by atoms with van der Waals surface area (Å²) < 4.78 is 18.6. The zero-order chi connectivity index (χ0) is 22.0. The first-order chi connectivity index (χ1) is 15.0. The number of rotatable bonds is 6. The molecular formula is C25H28N2O4. The Balaban J connectivity index is 1.54. The minimum absolute atomic E-state index is 0.119. The zero-order valence-electron chi connectivity index (χ0n) is 18.5. The van der Waals surface area contributed by atoms with E-state index < -0.39 is 0 Å². The number of carbonyl (C=O) groups excluding carboxylic acids is 1. The molecular weight excluding hydrogens is 392 g/mol. The molecule has 1 amide bonds. The Morgan fingerprint density at radius 1 is 1.00 bits per heavy atom. The smallest absolute Gasteiger partial charge is 0.242 e. The molecule has 0 saturated heterocycles. The number of fused-ring (bicyclic) bond motifs is 1. The number of hydrogen-bond donors (Lipinski definition) is 0. The van der Waals surface area contributed by atoms with E-state index in [1.54, 1.807) is 21.3 Å². The molecule has 6 nitrogen and oxygen atoms in total. The second kappa shape index (κ2) is 8.76. The number of carbonyl (C=O) groups is 1. The molecule has 4 rings (SSSR count). The van der Waals surface area contributed by atoms with Crippen molar-refractivity contribution in [2.75, 3.05) is 34.4 Å². The summed E-state index contributed by atoms with van der Waals surface area (Å²) in [5.41, 5.74) is 4.22. The lowest BCUT2D eigenvalue weighted by Gasteiger charge is -2.28. The Kier molecular flexibility index (Phi) is 5.89. The molecule has 2 heterocycles. The van der Waals surface area contributed by atoms with Crippen molar-refractivity contribution in [1.82, 2.24) is 9.47 Å². The van der Waals surface area contributed by atoms with Gasteiger partial charge in [0.05, 0.1) is 26.9 Å². The molecule has 31 heavy (non-hydrogen) atoms. The van der Waals surface area contributed by atoms with Crippen LogP contribution in [0.4, 0.5) is 0 Å². The number of aromatic nitrogens is 1. The first-order valence-electron chi connectivity index (χ1n) is 10.4. The second-order valence-electron chi connectivity index (χ2n) is 7.66. The average Bonchev–Trinajstić information content (AvgIpc) is 3.13. The maximum absolute atomic E-state index is 13.0. The fourth-order valence-electron chi connectivity index (χ4n) is 4.24. The summed E-state index contributed by atoms with van der Waals surface area (Å²) >= 11 is 0. The monoisotopic (exact) mass is 420 g/mol. The van der Waals surface area contributed by atoms with E-state index in [2.05, 4.69) is 28.8 Å². The van der Waals surface area contributed by atoms with E-state index in [1.165, 1.54) is 0 Å². The van der Waals surface area contributed by atoms with Gasteiger partial charge in [-0.15, -0.1) is 0 Å². The molecule has 6 heteroatoms. The number of hydrogen-bond acceptors (Lipinski definition) is 4. The predicted octanol–water partition coefficient (Wildman–Crippen LogP) is 4.29. The molecule has 162 valence electrons. The standard InChI is InChI=1S/C25H28N2O4/c1-17-13-19-7-5-6-8-21(19)27(17)16-24(28)26-11-9-18(10-12-26)25-22(30-3)14-20(29-2)15-23(25)31-4/h5-9,13-15H,10-12,16H2,1-4H3. The molecule has 3 aromatic rings. The Morgan fingerprint density at radius 2 is 1.71 bits per heavy atom. The second-order valence-corrected chi connectivity index (χ2v) is 7.66. The third kappa shape index (κ3) is 3.98. The van der Waals surface area contributed by atoms with Gasteiger partial charge in [0.15, 0.2) is 0 Å². The van der Waals surface area contributed by atoms with E-state index in [4.69, 9.17) is 14.2 Å². The van der Waals surface area contributed by atoms with Crippen LogP contribution in [0.2, 0.25) is 0 Å². The van der Waals surface area contributed by atoms with E-state index in [9.17, 15) is 4.79 Å². The highest BCUT2D eigenvalue weighted by Gasteiger charge is 2.23. The lowest BCUT2D eigenvalue weighted by Crippen LogP contribution is -2.37. The molecule has 2 aromatic carbocycles. The van der Waals surface area contributed by atoms with Gasteiger partial charge in [0, 0.05) is 36.4 Å². The van der Waals surface area contributed by atoms with Crippen LogP contribution in [-0.4, -0.2) is 49.8 Å². The maximum Gasteiger partial charge on any atom is 0.242 e. The van der Waals surface area contributed by atoms with Crippen LogP contribution in [0.1, 0.15) is 17.7 Å².